The highest BCUT2D eigenvalue weighted by Gasteiger charge is 2.17. The highest BCUT2D eigenvalue weighted by molar-refractivity contribution is 6.47. The molecule has 0 aliphatic carbocycles. The predicted octanol–water partition coefficient (Wildman–Crippen LogP) is 3.77. The van der Waals surface area contributed by atoms with E-state index < -0.39 is 0 Å². The minimum absolute atomic E-state index is 0.0000803. The highest BCUT2D eigenvalue weighted by atomic mass is 35.5. The lowest BCUT2D eigenvalue weighted by atomic mass is 10.1. The molecule has 0 aromatic heterocycles. The third kappa shape index (κ3) is 3.86. The average Bonchev–Trinajstić information content (AvgIpc) is 2.66. The molecule has 0 radical (unpaired) electrons. The summed E-state index contributed by atoms with van der Waals surface area (Å²) in [5, 5.41) is 0.0000803. The van der Waals surface area contributed by atoms with Crippen LogP contribution in [0.15, 0.2) is 35.4 Å². The molecule has 6 nitrogen and oxygen atoms in total. The first kappa shape index (κ1) is 19.5. The molecule has 0 fully saturated rings. The van der Waals surface area contributed by atoms with Crippen LogP contribution in [-0.4, -0.2) is 34.2 Å². The topological polar surface area (TPSA) is 80.0 Å². The second kappa shape index (κ2) is 8.49. The van der Waals surface area contributed by atoms with Gasteiger partial charge in [0.15, 0.2) is 11.5 Å². The summed E-state index contributed by atoms with van der Waals surface area (Å²) in [6.45, 7) is 0. The van der Waals surface area contributed by atoms with Crippen LogP contribution in [0.3, 0.4) is 0 Å². The molecule has 0 bridgehead atoms. The largest absolute Gasteiger partial charge is 0.495 e. The molecule has 0 unspecified atom stereocenters. The van der Waals surface area contributed by atoms with Crippen molar-refractivity contribution >= 4 is 29.1 Å². The van der Waals surface area contributed by atoms with E-state index in [0.29, 0.717) is 39.8 Å². The standard InChI is InChI=1S/C19H20ClNO5/c1-23-15-7-5-11(10-14(15)21)17(22)13(20)9-12-6-8-16(24-2)19(26-4)18(12)25-3/h5-10H,21H2,1-4H3. The Labute approximate surface area is 157 Å². The quantitative estimate of drug-likeness (QED) is 0.449. The van der Waals surface area contributed by atoms with Gasteiger partial charge in [-0.1, -0.05) is 11.6 Å². The zero-order valence-electron chi connectivity index (χ0n) is 15.0. The Bertz CT molecular complexity index is 848. The number of halogens is 1. The summed E-state index contributed by atoms with van der Waals surface area (Å²) >= 11 is 6.24. The molecule has 2 aromatic rings. The van der Waals surface area contributed by atoms with Crippen LogP contribution < -0.4 is 24.7 Å². The molecule has 26 heavy (non-hydrogen) atoms. The van der Waals surface area contributed by atoms with Gasteiger partial charge in [-0.25, -0.2) is 0 Å². The van der Waals surface area contributed by atoms with Gasteiger partial charge in [0.2, 0.25) is 11.5 Å². The number of hydrogen-bond acceptors (Lipinski definition) is 6. The van der Waals surface area contributed by atoms with Crippen LogP contribution in [0.1, 0.15) is 15.9 Å². The maximum Gasteiger partial charge on any atom is 0.204 e. The van der Waals surface area contributed by atoms with E-state index in [4.69, 9.17) is 36.3 Å². The maximum atomic E-state index is 12.6. The van der Waals surface area contributed by atoms with Gasteiger partial charge in [-0.3, -0.25) is 4.79 Å². The number of carbonyl (C=O) groups is 1. The van der Waals surface area contributed by atoms with Crippen molar-refractivity contribution in [2.24, 2.45) is 0 Å². The lowest BCUT2D eigenvalue weighted by Crippen LogP contribution is -2.02. The molecule has 2 rings (SSSR count). The van der Waals surface area contributed by atoms with Crippen molar-refractivity contribution < 1.29 is 23.7 Å². The number of nitrogens with two attached hydrogens (primary N) is 1. The summed E-state index contributed by atoms with van der Waals surface area (Å²) in [7, 11) is 6.02. The molecule has 0 spiro atoms. The third-order valence-corrected chi connectivity index (χ3v) is 4.01. The van der Waals surface area contributed by atoms with Crippen LogP contribution in [0.2, 0.25) is 0 Å². The van der Waals surface area contributed by atoms with Crippen LogP contribution in [0.25, 0.3) is 6.08 Å². The van der Waals surface area contributed by atoms with Gasteiger partial charge >= 0.3 is 0 Å². The Hall–Kier alpha value is -2.86. The average molecular weight is 378 g/mol. The number of ether oxygens (including phenoxy) is 4. The molecule has 2 N–H and O–H groups in total. The molecule has 0 aliphatic heterocycles. The number of nitrogen functional groups attached to an aromatic ring is 1. The Morgan fingerprint density at radius 2 is 1.54 bits per heavy atom. The second-order valence-electron chi connectivity index (χ2n) is 5.20. The van der Waals surface area contributed by atoms with Gasteiger partial charge in [0.05, 0.1) is 39.2 Å². The number of ketones is 1. The molecule has 0 saturated carbocycles. The van der Waals surface area contributed by atoms with Gasteiger partial charge in [0.25, 0.3) is 0 Å². The van der Waals surface area contributed by atoms with E-state index in [1.165, 1.54) is 40.6 Å². The van der Waals surface area contributed by atoms with E-state index in [-0.39, 0.29) is 10.8 Å². The Morgan fingerprint density at radius 1 is 0.923 bits per heavy atom. The number of rotatable bonds is 7. The first-order valence-corrected chi connectivity index (χ1v) is 7.99. The third-order valence-electron chi connectivity index (χ3n) is 3.73. The number of hydrogen-bond donors (Lipinski definition) is 1. The minimum Gasteiger partial charge on any atom is -0.495 e. The molecule has 7 heteroatoms. The van der Waals surface area contributed by atoms with Crippen molar-refractivity contribution in [3.8, 4) is 23.0 Å². The van der Waals surface area contributed by atoms with Crippen molar-refractivity contribution in [1.82, 2.24) is 0 Å². The lowest BCUT2D eigenvalue weighted by Gasteiger charge is -2.14. The van der Waals surface area contributed by atoms with Gasteiger partial charge in [-0.15, -0.1) is 0 Å². The zero-order valence-corrected chi connectivity index (χ0v) is 15.7. The number of benzene rings is 2. The number of allylic oxidation sites excluding steroid dienone is 1. The fourth-order valence-corrected chi connectivity index (χ4v) is 2.68. The molecular weight excluding hydrogens is 358 g/mol. The Morgan fingerprint density at radius 3 is 2.08 bits per heavy atom. The summed E-state index contributed by atoms with van der Waals surface area (Å²) in [4.78, 5) is 12.6. The summed E-state index contributed by atoms with van der Waals surface area (Å²) < 4.78 is 21.0. The number of methoxy groups -OCH3 is 4. The van der Waals surface area contributed by atoms with Crippen molar-refractivity contribution in [2.75, 3.05) is 34.2 Å². The van der Waals surface area contributed by atoms with E-state index in [9.17, 15) is 4.79 Å². The monoisotopic (exact) mass is 377 g/mol. The van der Waals surface area contributed by atoms with E-state index >= 15 is 0 Å². The molecule has 0 atom stereocenters. The van der Waals surface area contributed by atoms with Crippen LogP contribution in [-0.2, 0) is 0 Å². The normalized spacial score (nSPS) is 11.0. The summed E-state index contributed by atoms with van der Waals surface area (Å²) in [6.07, 6.45) is 1.51. The van der Waals surface area contributed by atoms with E-state index in [0.717, 1.165) is 0 Å². The Kier molecular flexibility index (Phi) is 6.36. The van der Waals surface area contributed by atoms with Gasteiger partial charge in [0.1, 0.15) is 5.75 Å². The fraction of sp³-hybridized carbons (Fsp3) is 0.211. The van der Waals surface area contributed by atoms with Crippen molar-refractivity contribution in [3.63, 3.8) is 0 Å². The van der Waals surface area contributed by atoms with Crippen LogP contribution in [0.5, 0.6) is 23.0 Å². The van der Waals surface area contributed by atoms with Gasteiger partial charge in [-0.2, -0.15) is 0 Å². The molecule has 2 aromatic carbocycles. The van der Waals surface area contributed by atoms with Gasteiger partial charge in [0, 0.05) is 11.1 Å². The summed E-state index contributed by atoms with van der Waals surface area (Å²) in [5.74, 6) is 1.44. The lowest BCUT2D eigenvalue weighted by molar-refractivity contribution is 0.104. The number of Topliss-reactive ketones (excluding diaryl/α,β-unsaturated/α-hetero) is 1. The van der Waals surface area contributed by atoms with Gasteiger partial charge < -0.3 is 24.7 Å². The fourth-order valence-electron chi connectivity index (χ4n) is 2.45. The second-order valence-corrected chi connectivity index (χ2v) is 5.61. The van der Waals surface area contributed by atoms with Crippen LogP contribution >= 0.6 is 11.6 Å². The van der Waals surface area contributed by atoms with Crippen molar-refractivity contribution in [3.05, 3.63) is 46.5 Å². The SMILES string of the molecule is COc1ccc(C(=O)C(Cl)=Cc2ccc(OC)c(OC)c2OC)cc1N. The van der Waals surface area contributed by atoms with E-state index in [2.05, 4.69) is 0 Å². The molecule has 0 saturated heterocycles. The van der Waals surface area contributed by atoms with Crippen LogP contribution in [0, 0.1) is 0 Å². The van der Waals surface area contributed by atoms with Gasteiger partial charge in [-0.05, 0) is 36.4 Å². The predicted molar refractivity (Wildman–Crippen MR) is 102 cm³/mol. The Balaban J connectivity index is 2.43. The molecular formula is C19H20ClNO5. The number of carbonyl (C=O) groups excluding carboxylic acids is 1. The first-order valence-electron chi connectivity index (χ1n) is 7.61. The molecule has 0 heterocycles. The summed E-state index contributed by atoms with van der Waals surface area (Å²) in [5.41, 5.74) is 7.13. The highest BCUT2D eigenvalue weighted by Crippen LogP contribution is 2.41. The van der Waals surface area contributed by atoms with Crippen LogP contribution in [0.4, 0.5) is 5.69 Å². The smallest absolute Gasteiger partial charge is 0.204 e. The first-order chi connectivity index (χ1) is 12.5. The van der Waals surface area contributed by atoms with Crippen molar-refractivity contribution in [2.45, 2.75) is 0 Å². The van der Waals surface area contributed by atoms with E-state index in [1.807, 2.05) is 0 Å². The van der Waals surface area contributed by atoms with E-state index in [1.54, 1.807) is 24.3 Å². The summed E-state index contributed by atoms with van der Waals surface area (Å²) in [6, 6.07) is 8.15. The molecule has 138 valence electrons. The van der Waals surface area contributed by atoms with Crippen molar-refractivity contribution in [1.29, 1.82) is 0 Å². The molecule has 0 aliphatic rings. The minimum atomic E-state index is -0.377. The number of anilines is 1. The maximum absolute atomic E-state index is 12.6. The molecule has 0 amide bonds. The zero-order chi connectivity index (χ0) is 19.3.